The van der Waals surface area contributed by atoms with Gasteiger partial charge in [-0.2, -0.15) is 11.8 Å². The molecule has 0 radical (unpaired) electrons. The van der Waals surface area contributed by atoms with Crippen LogP contribution in [-0.4, -0.2) is 26.5 Å². The Kier molecular flexibility index (Phi) is 4.85. The fourth-order valence-electron chi connectivity index (χ4n) is 1.31. The van der Waals surface area contributed by atoms with E-state index >= 15 is 0 Å². The minimum atomic E-state index is -3.46. The summed E-state index contributed by atoms with van der Waals surface area (Å²) in [6.07, 6.45) is 1.95. The van der Waals surface area contributed by atoms with Crippen molar-refractivity contribution in [2.75, 3.05) is 18.5 Å². The van der Waals surface area contributed by atoms with E-state index in [1.54, 1.807) is 36.9 Å². The molecule has 96 valence electrons. The maximum atomic E-state index is 12.0. The normalized spacial score (nSPS) is 13.6. The molecular weight excluding hydrogens is 256 g/mol. The predicted molar refractivity (Wildman–Crippen MR) is 73.8 cm³/mol. The lowest BCUT2D eigenvalue weighted by Crippen LogP contribution is -2.30. The van der Waals surface area contributed by atoms with Crippen molar-refractivity contribution in [3.8, 4) is 0 Å². The van der Waals surface area contributed by atoms with Crippen molar-refractivity contribution in [2.45, 2.75) is 24.0 Å². The molecule has 1 rings (SSSR count). The molecule has 1 aromatic carbocycles. The number of sulfonamides is 1. The van der Waals surface area contributed by atoms with Crippen molar-refractivity contribution in [3.63, 3.8) is 0 Å². The number of hydrogen-bond donors (Lipinski definition) is 2. The third-order valence-electron chi connectivity index (χ3n) is 2.58. The summed E-state index contributed by atoms with van der Waals surface area (Å²) in [7, 11) is -3.46. The number of hydrogen-bond acceptors (Lipinski definition) is 4. The monoisotopic (exact) mass is 274 g/mol. The van der Waals surface area contributed by atoms with E-state index in [1.165, 1.54) is 0 Å². The topological polar surface area (TPSA) is 72.2 Å². The van der Waals surface area contributed by atoms with Gasteiger partial charge in [-0.25, -0.2) is 13.1 Å². The molecule has 0 saturated heterocycles. The van der Waals surface area contributed by atoms with E-state index in [2.05, 4.69) is 4.72 Å². The molecule has 6 heteroatoms. The number of nitrogens with two attached hydrogens (primary N) is 1. The van der Waals surface area contributed by atoms with Crippen LogP contribution in [0.1, 0.15) is 12.5 Å². The molecule has 0 amide bonds. The average Bonchev–Trinajstić information content (AvgIpc) is 2.29. The standard InChI is InChI=1S/C11H18N2O2S2/c1-8(16-3)7-13-17(14,15)11-6-4-5-10(12)9(11)2/h4-6,8,13H,7,12H2,1-3H3. The number of rotatable bonds is 5. The van der Waals surface area contributed by atoms with E-state index in [-0.39, 0.29) is 10.1 Å². The van der Waals surface area contributed by atoms with Crippen molar-refractivity contribution < 1.29 is 8.42 Å². The predicted octanol–water partition coefficient (Wildman–Crippen LogP) is 1.61. The van der Waals surface area contributed by atoms with Crippen LogP contribution in [0.3, 0.4) is 0 Å². The molecule has 0 aliphatic rings. The van der Waals surface area contributed by atoms with Crippen LogP contribution in [0.25, 0.3) is 0 Å². The zero-order chi connectivity index (χ0) is 13.1. The molecule has 1 unspecified atom stereocenters. The molecule has 17 heavy (non-hydrogen) atoms. The van der Waals surface area contributed by atoms with Crippen LogP contribution in [0.5, 0.6) is 0 Å². The van der Waals surface area contributed by atoms with Crippen molar-refractivity contribution in [1.82, 2.24) is 4.72 Å². The van der Waals surface area contributed by atoms with Gasteiger partial charge in [-0.1, -0.05) is 13.0 Å². The summed E-state index contributed by atoms with van der Waals surface area (Å²) in [4.78, 5) is 0.255. The second-order valence-electron chi connectivity index (χ2n) is 3.87. The molecule has 0 spiro atoms. The van der Waals surface area contributed by atoms with Gasteiger partial charge in [0.1, 0.15) is 0 Å². The first-order valence-electron chi connectivity index (χ1n) is 5.26. The number of nitrogen functional groups attached to an aromatic ring is 1. The smallest absolute Gasteiger partial charge is 0.240 e. The molecule has 1 aromatic rings. The summed E-state index contributed by atoms with van der Waals surface area (Å²) in [5.41, 5.74) is 6.79. The first kappa shape index (κ1) is 14.3. The Morgan fingerprint density at radius 1 is 1.47 bits per heavy atom. The fourth-order valence-corrected chi connectivity index (χ4v) is 3.07. The van der Waals surface area contributed by atoms with Gasteiger partial charge in [0.05, 0.1) is 4.90 Å². The molecule has 0 aliphatic carbocycles. The minimum Gasteiger partial charge on any atom is -0.398 e. The lowest BCUT2D eigenvalue weighted by Gasteiger charge is -2.13. The zero-order valence-electron chi connectivity index (χ0n) is 10.2. The van der Waals surface area contributed by atoms with Crippen LogP contribution in [0, 0.1) is 6.92 Å². The highest BCUT2D eigenvalue weighted by Crippen LogP contribution is 2.20. The summed E-state index contributed by atoms with van der Waals surface area (Å²) in [5.74, 6) is 0. The van der Waals surface area contributed by atoms with Gasteiger partial charge in [0.2, 0.25) is 10.0 Å². The van der Waals surface area contributed by atoms with Gasteiger partial charge >= 0.3 is 0 Å². The highest BCUT2D eigenvalue weighted by molar-refractivity contribution is 7.99. The lowest BCUT2D eigenvalue weighted by molar-refractivity contribution is 0.581. The largest absolute Gasteiger partial charge is 0.398 e. The van der Waals surface area contributed by atoms with Crippen LogP contribution in [0.4, 0.5) is 5.69 Å². The average molecular weight is 274 g/mol. The first-order valence-corrected chi connectivity index (χ1v) is 8.03. The van der Waals surface area contributed by atoms with Crippen LogP contribution in [-0.2, 0) is 10.0 Å². The zero-order valence-corrected chi connectivity index (χ0v) is 11.9. The fraction of sp³-hybridized carbons (Fsp3) is 0.455. The molecule has 0 aromatic heterocycles. The van der Waals surface area contributed by atoms with Crippen molar-refractivity contribution in [1.29, 1.82) is 0 Å². The molecule has 0 saturated carbocycles. The van der Waals surface area contributed by atoms with Gasteiger partial charge in [0, 0.05) is 17.5 Å². The summed E-state index contributed by atoms with van der Waals surface area (Å²) < 4.78 is 26.7. The molecule has 0 aliphatic heterocycles. The second kappa shape index (κ2) is 5.75. The third kappa shape index (κ3) is 3.62. The van der Waals surface area contributed by atoms with Crippen LogP contribution < -0.4 is 10.5 Å². The SMILES string of the molecule is CSC(C)CNS(=O)(=O)c1cccc(N)c1C. The van der Waals surface area contributed by atoms with E-state index in [0.29, 0.717) is 17.8 Å². The Morgan fingerprint density at radius 2 is 2.12 bits per heavy atom. The van der Waals surface area contributed by atoms with E-state index in [0.717, 1.165) is 0 Å². The Labute approximate surface area is 107 Å². The van der Waals surface area contributed by atoms with Crippen molar-refractivity contribution >= 4 is 27.5 Å². The maximum Gasteiger partial charge on any atom is 0.240 e. The highest BCUT2D eigenvalue weighted by Gasteiger charge is 2.18. The summed E-state index contributed by atoms with van der Waals surface area (Å²) in [6, 6.07) is 4.91. The molecule has 0 heterocycles. The quantitative estimate of drug-likeness (QED) is 0.800. The van der Waals surface area contributed by atoms with Gasteiger partial charge in [-0.05, 0) is 30.9 Å². The Balaban J connectivity index is 2.94. The van der Waals surface area contributed by atoms with Gasteiger partial charge < -0.3 is 5.73 Å². The second-order valence-corrected chi connectivity index (χ2v) is 6.88. The van der Waals surface area contributed by atoms with Crippen molar-refractivity contribution in [3.05, 3.63) is 23.8 Å². The summed E-state index contributed by atoms with van der Waals surface area (Å²) >= 11 is 1.62. The van der Waals surface area contributed by atoms with E-state index in [1.807, 2.05) is 13.2 Å². The third-order valence-corrected chi connectivity index (χ3v) is 5.12. The number of benzene rings is 1. The maximum absolute atomic E-state index is 12.0. The summed E-state index contributed by atoms with van der Waals surface area (Å²) in [5, 5.41) is 0.242. The molecule has 0 bridgehead atoms. The molecule has 1 atom stereocenters. The number of thioether (sulfide) groups is 1. The van der Waals surface area contributed by atoms with E-state index in [9.17, 15) is 8.42 Å². The Morgan fingerprint density at radius 3 is 2.71 bits per heavy atom. The van der Waals surface area contributed by atoms with Crippen molar-refractivity contribution in [2.24, 2.45) is 0 Å². The van der Waals surface area contributed by atoms with Gasteiger partial charge in [-0.15, -0.1) is 0 Å². The van der Waals surface area contributed by atoms with Gasteiger partial charge in [0.25, 0.3) is 0 Å². The lowest BCUT2D eigenvalue weighted by atomic mass is 10.2. The highest BCUT2D eigenvalue weighted by atomic mass is 32.2. The van der Waals surface area contributed by atoms with E-state index < -0.39 is 10.0 Å². The molecule has 3 N–H and O–H groups in total. The van der Waals surface area contributed by atoms with Crippen LogP contribution >= 0.6 is 11.8 Å². The number of nitrogens with one attached hydrogen (secondary N) is 1. The minimum absolute atomic E-state index is 0.242. The van der Waals surface area contributed by atoms with Crippen LogP contribution in [0.2, 0.25) is 0 Å². The number of anilines is 1. The van der Waals surface area contributed by atoms with Gasteiger partial charge in [0.15, 0.2) is 0 Å². The summed E-state index contributed by atoms with van der Waals surface area (Å²) in [6.45, 7) is 4.10. The Bertz CT molecular complexity index is 486. The van der Waals surface area contributed by atoms with E-state index in [4.69, 9.17) is 5.73 Å². The molecule has 4 nitrogen and oxygen atoms in total. The van der Waals surface area contributed by atoms with Gasteiger partial charge in [-0.3, -0.25) is 0 Å². The first-order chi connectivity index (χ1) is 7.88. The molecule has 0 fully saturated rings. The Hall–Kier alpha value is -0.720. The molecular formula is C11H18N2O2S2. The van der Waals surface area contributed by atoms with Crippen LogP contribution in [0.15, 0.2) is 23.1 Å².